The van der Waals surface area contributed by atoms with Crippen LogP contribution in [0.1, 0.15) is 47.0 Å². The summed E-state index contributed by atoms with van der Waals surface area (Å²) in [4.78, 5) is 12.5. The standard InChI is InChI=1S/C15H28N2O2/c1-5-10(6-2)9-17-13(18)15(16)11-7-8-19-12(11)14(15,3)4/h10-12H,5-9,16H2,1-4H3,(H,17,18). The molecule has 3 unspecified atom stereocenters. The van der Waals surface area contributed by atoms with Gasteiger partial charge in [0.15, 0.2) is 0 Å². The van der Waals surface area contributed by atoms with Gasteiger partial charge in [-0.1, -0.05) is 40.5 Å². The molecule has 0 radical (unpaired) electrons. The van der Waals surface area contributed by atoms with E-state index in [9.17, 15) is 4.79 Å². The minimum Gasteiger partial charge on any atom is -0.377 e. The van der Waals surface area contributed by atoms with Gasteiger partial charge < -0.3 is 15.8 Å². The Morgan fingerprint density at radius 1 is 1.42 bits per heavy atom. The molecular weight excluding hydrogens is 240 g/mol. The monoisotopic (exact) mass is 268 g/mol. The van der Waals surface area contributed by atoms with Crippen LogP contribution in [0.25, 0.3) is 0 Å². The molecule has 1 saturated heterocycles. The van der Waals surface area contributed by atoms with Crippen molar-refractivity contribution in [2.24, 2.45) is 23.0 Å². The molecule has 0 aromatic heterocycles. The van der Waals surface area contributed by atoms with Crippen LogP contribution in [0.15, 0.2) is 0 Å². The predicted octanol–water partition coefficient (Wildman–Crippen LogP) is 1.68. The Hall–Kier alpha value is -0.610. The number of rotatable bonds is 5. The lowest BCUT2D eigenvalue weighted by atomic mass is 9.48. The molecule has 4 nitrogen and oxygen atoms in total. The highest BCUT2D eigenvalue weighted by molar-refractivity contribution is 5.89. The molecule has 1 heterocycles. The summed E-state index contributed by atoms with van der Waals surface area (Å²) in [6, 6.07) is 0. The zero-order chi connectivity index (χ0) is 14.3. The van der Waals surface area contributed by atoms with Crippen molar-refractivity contribution in [3.05, 3.63) is 0 Å². The van der Waals surface area contributed by atoms with Gasteiger partial charge >= 0.3 is 0 Å². The second-order valence-electron chi connectivity index (χ2n) is 6.67. The number of ether oxygens (including phenoxy) is 1. The van der Waals surface area contributed by atoms with Gasteiger partial charge in [0.2, 0.25) is 5.91 Å². The summed E-state index contributed by atoms with van der Waals surface area (Å²) in [5.41, 5.74) is 5.45. The second kappa shape index (κ2) is 5.06. The van der Waals surface area contributed by atoms with Crippen LogP contribution in [-0.2, 0) is 9.53 Å². The molecule has 1 aliphatic heterocycles. The van der Waals surface area contributed by atoms with E-state index in [2.05, 4.69) is 33.0 Å². The van der Waals surface area contributed by atoms with Crippen LogP contribution < -0.4 is 11.1 Å². The zero-order valence-electron chi connectivity index (χ0n) is 12.7. The number of carbonyl (C=O) groups is 1. The van der Waals surface area contributed by atoms with Crippen LogP contribution in [0.5, 0.6) is 0 Å². The van der Waals surface area contributed by atoms with E-state index in [0.29, 0.717) is 5.92 Å². The summed E-state index contributed by atoms with van der Waals surface area (Å²) in [6.07, 6.45) is 3.24. The predicted molar refractivity (Wildman–Crippen MR) is 75.6 cm³/mol. The number of amides is 1. The van der Waals surface area contributed by atoms with Gasteiger partial charge in [0.05, 0.1) is 6.10 Å². The normalized spacial score (nSPS) is 35.9. The van der Waals surface area contributed by atoms with Crippen molar-refractivity contribution in [2.45, 2.75) is 58.6 Å². The van der Waals surface area contributed by atoms with Crippen molar-refractivity contribution < 1.29 is 9.53 Å². The Balaban J connectivity index is 2.02. The van der Waals surface area contributed by atoms with Gasteiger partial charge in [-0.25, -0.2) is 0 Å². The topological polar surface area (TPSA) is 64.4 Å². The maximum atomic E-state index is 12.5. The third kappa shape index (κ3) is 2.00. The first-order chi connectivity index (χ1) is 8.89. The van der Waals surface area contributed by atoms with Crippen molar-refractivity contribution in [1.82, 2.24) is 5.32 Å². The van der Waals surface area contributed by atoms with E-state index in [1.54, 1.807) is 0 Å². The first-order valence-corrected chi connectivity index (χ1v) is 7.58. The molecule has 2 aliphatic rings. The molecular formula is C15H28N2O2. The Morgan fingerprint density at radius 2 is 2.05 bits per heavy atom. The fraction of sp³-hybridized carbons (Fsp3) is 0.933. The molecule has 0 bridgehead atoms. The second-order valence-corrected chi connectivity index (χ2v) is 6.67. The van der Waals surface area contributed by atoms with Crippen molar-refractivity contribution in [3.8, 4) is 0 Å². The van der Waals surface area contributed by atoms with Crippen LogP contribution in [0.2, 0.25) is 0 Å². The highest BCUT2D eigenvalue weighted by atomic mass is 16.5. The third-order valence-electron chi connectivity index (χ3n) is 5.54. The van der Waals surface area contributed by atoms with Gasteiger partial charge in [-0.3, -0.25) is 4.79 Å². The highest BCUT2D eigenvalue weighted by Gasteiger charge is 2.71. The molecule has 2 rings (SSSR count). The van der Waals surface area contributed by atoms with Crippen molar-refractivity contribution in [1.29, 1.82) is 0 Å². The van der Waals surface area contributed by atoms with E-state index in [1.165, 1.54) is 0 Å². The number of hydrogen-bond donors (Lipinski definition) is 2. The molecule has 0 aromatic carbocycles. The van der Waals surface area contributed by atoms with Crippen molar-refractivity contribution in [2.75, 3.05) is 13.2 Å². The Morgan fingerprint density at radius 3 is 2.63 bits per heavy atom. The number of hydrogen-bond acceptors (Lipinski definition) is 3. The van der Waals surface area contributed by atoms with E-state index in [0.717, 1.165) is 32.4 Å². The van der Waals surface area contributed by atoms with Crippen LogP contribution in [0, 0.1) is 17.3 Å². The van der Waals surface area contributed by atoms with Gasteiger partial charge in [-0.05, 0) is 12.3 Å². The lowest BCUT2D eigenvalue weighted by Crippen LogP contribution is -2.80. The van der Waals surface area contributed by atoms with Crippen LogP contribution in [0.4, 0.5) is 0 Å². The smallest absolute Gasteiger partial charge is 0.241 e. The number of nitrogens with one attached hydrogen (secondary N) is 1. The molecule has 4 heteroatoms. The van der Waals surface area contributed by atoms with Crippen molar-refractivity contribution >= 4 is 5.91 Å². The summed E-state index contributed by atoms with van der Waals surface area (Å²) in [5.74, 6) is 0.742. The summed E-state index contributed by atoms with van der Waals surface area (Å²) in [6.45, 7) is 9.89. The van der Waals surface area contributed by atoms with E-state index in [1.807, 2.05) is 0 Å². The van der Waals surface area contributed by atoms with Crippen LogP contribution in [0.3, 0.4) is 0 Å². The van der Waals surface area contributed by atoms with Gasteiger partial charge in [0.25, 0.3) is 0 Å². The fourth-order valence-corrected chi connectivity index (χ4v) is 3.81. The minimum atomic E-state index is -0.764. The molecule has 110 valence electrons. The third-order valence-corrected chi connectivity index (χ3v) is 5.54. The van der Waals surface area contributed by atoms with E-state index in [-0.39, 0.29) is 23.3 Å². The van der Waals surface area contributed by atoms with Gasteiger partial charge in [0, 0.05) is 24.5 Å². The lowest BCUT2D eigenvalue weighted by Gasteiger charge is -2.60. The molecule has 0 spiro atoms. The Labute approximate surface area is 116 Å². The highest BCUT2D eigenvalue weighted by Crippen LogP contribution is 2.58. The summed E-state index contributed by atoms with van der Waals surface area (Å²) in [5, 5.41) is 3.08. The fourth-order valence-electron chi connectivity index (χ4n) is 3.81. The molecule has 3 atom stereocenters. The van der Waals surface area contributed by atoms with Crippen LogP contribution in [-0.4, -0.2) is 30.7 Å². The molecule has 1 amide bonds. The van der Waals surface area contributed by atoms with E-state index >= 15 is 0 Å². The number of carbonyl (C=O) groups excluding carboxylic acids is 1. The van der Waals surface area contributed by atoms with Crippen LogP contribution >= 0.6 is 0 Å². The average Bonchev–Trinajstić information content (AvgIpc) is 2.86. The molecule has 2 fully saturated rings. The Kier molecular flexibility index (Phi) is 3.94. The maximum Gasteiger partial charge on any atom is 0.241 e. The quantitative estimate of drug-likeness (QED) is 0.797. The van der Waals surface area contributed by atoms with E-state index in [4.69, 9.17) is 10.5 Å². The zero-order valence-corrected chi connectivity index (χ0v) is 12.7. The minimum absolute atomic E-state index is 0.0103. The molecule has 1 saturated carbocycles. The average molecular weight is 268 g/mol. The summed E-state index contributed by atoms with van der Waals surface area (Å²) in [7, 11) is 0. The summed E-state index contributed by atoms with van der Waals surface area (Å²) < 4.78 is 5.72. The SMILES string of the molecule is CCC(CC)CNC(=O)C1(N)C2CCOC2C1(C)C. The molecule has 0 aromatic rings. The lowest BCUT2D eigenvalue weighted by molar-refractivity contribution is -0.175. The number of fused-ring (bicyclic) bond motifs is 1. The first kappa shape index (κ1) is 14.8. The largest absolute Gasteiger partial charge is 0.377 e. The van der Waals surface area contributed by atoms with Gasteiger partial charge in [-0.15, -0.1) is 0 Å². The first-order valence-electron chi connectivity index (χ1n) is 7.58. The molecule has 1 aliphatic carbocycles. The van der Waals surface area contributed by atoms with Gasteiger partial charge in [-0.2, -0.15) is 0 Å². The molecule has 19 heavy (non-hydrogen) atoms. The van der Waals surface area contributed by atoms with Gasteiger partial charge in [0.1, 0.15) is 5.54 Å². The van der Waals surface area contributed by atoms with Crippen molar-refractivity contribution in [3.63, 3.8) is 0 Å². The maximum absolute atomic E-state index is 12.5. The Bertz CT molecular complexity index is 352. The number of nitrogens with two attached hydrogens (primary N) is 1. The molecule has 3 N–H and O–H groups in total. The summed E-state index contributed by atoms with van der Waals surface area (Å²) >= 11 is 0. The van der Waals surface area contributed by atoms with E-state index < -0.39 is 5.54 Å².